The van der Waals surface area contributed by atoms with Crippen LogP contribution in [0.25, 0.3) is 0 Å². The zero-order valence-corrected chi connectivity index (χ0v) is 10.8. The quantitative estimate of drug-likeness (QED) is 0.468. The maximum atomic E-state index is 11.9. The molecule has 0 aliphatic carbocycles. The molecule has 1 saturated heterocycles. The van der Waals surface area contributed by atoms with Gasteiger partial charge >= 0.3 is 12.0 Å². The second-order valence-corrected chi connectivity index (χ2v) is 4.43. The molecule has 0 bridgehead atoms. The normalized spacial score (nSPS) is 18.7. The second kappa shape index (κ2) is 7.93. The Kier molecular flexibility index (Phi) is 6.54. The summed E-state index contributed by atoms with van der Waals surface area (Å²) < 4.78 is 0. The number of urea groups is 1. The summed E-state index contributed by atoms with van der Waals surface area (Å²) >= 11 is 0. The van der Waals surface area contributed by atoms with Gasteiger partial charge in [0.2, 0.25) is 0 Å². The number of β-amino-alcohol motifs (C(OH)–C–C–N with tert-alkyl or cyclic N) is 1. The summed E-state index contributed by atoms with van der Waals surface area (Å²) in [5.74, 6) is -1.26. The molecule has 2 amide bonds. The van der Waals surface area contributed by atoms with E-state index in [0.717, 1.165) is 13.0 Å². The number of aliphatic hydroxyl groups excluding tert-OH is 2. The Balaban J connectivity index is 2.46. The van der Waals surface area contributed by atoms with E-state index >= 15 is 0 Å². The highest BCUT2D eigenvalue weighted by atomic mass is 16.4. The largest absolute Gasteiger partial charge is 0.480 e. The first-order chi connectivity index (χ1) is 9.08. The van der Waals surface area contributed by atoms with Crippen molar-refractivity contribution in [3.05, 3.63) is 0 Å². The van der Waals surface area contributed by atoms with Gasteiger partial charge in [0.25, 0.3) is 0 Å². The van der Waals surface area contributed by atoms with Gasteiger partial charge in [-0.25, -0.2) is 9.59 Å². The lowest BCUT2D eigenvalue weighted by Crippen LogP contribution is -2.50. The lowest BCUT2D eigenvalue weighted by Gasteiger charge is -2.23. The molecule has 110 valence electrons. The van der Waals surface area contributed by atoms with Crippen LogP contribution in [-0.2, 0) is 4.79 Å². The standard InChI is InChI=1S/C11H21N3O5/c15-7-6-13-2-1-3-14(5-4-13)11(19)12-9(8-16)10(17)18/h9,15-16H,1-8H2,(H,12,19)(H,17,18). The Morgan fingerprint density at radius 3 is 2.47 bits per heavy atom. The molecule has 1 aliphatic rings. The molecule has 19 heavy (non-hydrogen) atoms. The van der Waals surface area contributed by atoms with Crippen molar-refractivity contribution in [3.8, 4) is 0 Å². The van der Waals surface area contributed by atoms with Crippen LogP contribution in [0.15, 0.2) is 0 Å². The van der Waals surface area contributed by atoms with Crippen LogP contribution in [0.3, 0.4) is 0 Å². The Morgan fingerprint density at radius 2 is 1.89 bits per heavy atom. The molecule has 1 aliphatic heterocycles. The molecular weight excluding hydrogens is 254 g/mol. The van der Waals surface area contributed by atoms with Gasteiger partial charge in [0.05, 0.1) is 13.2 Å². The van der Waals surface area contributed by atoms with Crippen molar-refractivity contribution in [1.29, 1.82) is 0 Å². The highest BCUT2D eigenvalue weighted by Crippen LogP contribution is 2.03. The molecule has 0 aromatic heterocycles. The minimum Gasteiger partial charge on any atom is -0.480 e. The molecule has 1 unspecified atom stereocenters. The summed E-state index contributed by atoms with van der Waals surface area (Å²) in [6, 6.07) is -1.75. The van der Waals surface area contributed by atoms with Crippen LogP contribution in [-0.4, -0.2) is 89.1 Å². The van der Waals surface area contributed by atoms with Crippen molar-refractivity contribution in [2.45, 2.75) is 12.5 Å². The van der Waals surface area contributed by atoms with Crippen molar-refractivity contribution in [2.24, 2.45) is 0 Å². The first kappa shape index (κ1) is 15.7. The van der Waals surface area contributed by atoms with E-state index in [1.165, 1.54) is 4.90 Å². The number of aliphatic carboxylic acids is 1. The number of amides is 2. The van der Waals surface area contributed by atoms with Crippen molar-refractivity contribution in [2.75, 3.05) is 45.9 Å². The van der Waals surface area contributed by atoms with Crippen LogP contribution in [0.4, 0.5) is 4.79 Å². The fourth-order valence-corrected chi connectivity index (χ4v) is 1.96. The number of carbonyl (C=O) groups is 2. The van der Waals surface area contributed by atoms with Crippen LogP contribution >= 0.6 is 0 Å². The summed E-state index contributed by atoms with van der Waals surface area (Å²) in [5, 5.41) is 28.8. The Morgan fingerprint density at radius 1 is 1.16 bits per heavy atom. The lowest BCUT2D eigenvalue weighted by molar-refractivity contribution is -0.140. The highest BCUT2D eigenvalue weighted by molar-refractivity contribution is 5.82. The number of hydrogen-bond donors (Lipinski definition) is 4. The lowest BCUT2D eigenvalue weighted by atomic mass is 10.3. The molecule has 1 atom stereocenters. The molecule has 0 aromatic rings. The summed E-state index contributed by atoms with van der Waals surface area (Å²) in [7, 11) is 0. The van der Waals surface area contributed by atoms with Crippen molar-refractivity contribution >= 4 is 12.0 Å². The predicted molar refractivity (Wildman–Crippen MR) is 66.8 cm³/mol. The number of rotatable bonds is 5. The fraction of sp³-hybridized carbons (Fsp3) is 0.818. The third-order valence-corrected chi connectivity index (χ3v) is 3.07. The first-order valence-electron chi connectivity index (χ1n) is 6.30. The zero-order chi connectivity index (χ0) is 14.3. The van der Waals surface area contributed by atoms with Crippen molar-refractivity contribution in [1.82, 2.24) is 15.1 Å². The predicted octanol–water partition coefficient (Wildman–Crippen LogP) is -1.86. The SMILES string of the molecule is O=C(O)C(CO)NC(=O)N1CCCN(CCO)CC1. The molecule has 4 N–H and O–H groups in total. The van der Waals surface area contributed by atoms with Gasteiger partial charge in [-0.1, -0.05) is 0 Å². The number of hydrogen-bond acceptors (Lipinski definition) is 5. The van der Waals surface area contributed by atoms with Crippen LogP contribution < -0.4 is 5.32 Å². The van der Waals surface area contributed by atoms with E-state index in [-0.39, 0.29) is 6.61 Å². The maximum Gasteiger partial charge on any atom is 0.328 e. The highest BCUT2D eigenvalue weighted by Gasteiger charge is 2.24. The summed E-state index contributed by atoms with van der Waals surface area (Å²) in [6.07, 6.45) is 0.768. The van der Waals surface area contributed by atoms with E-state index in [9.17, 15) is 9.59 Å². The van der Waals surface area contributed by atoms with Gasteiger partial charge in [-0.2, -0.15) is 0 Å². The number of carboxylic acids is 1. The maximum absolute atomic E-state index is 11.9. The molecule has 8 heteroatoms. The second-order valence-electron chi connectivity index (χ2n) is 4.43. The third kappa shape index (κ3) is 5.01. The Labute approximate surface area is 111 Å². The van der Waals surface area contributed by atoms with Crippen molar-refractivity contribution in [3.63, 3.8) is 0 Å². The van der Waals surface area contributed by atoms with Gasteiger partial charge in [0.15, 0.2) is 6.04 Å². The van der Waals surface area contributed by atoms with E-state index in [1.807, 2.05) is 4.90 Å². The number of carboxylic acid groups (broad SMARTS) is 1. The first-order valence-corrected chi connectivity index (χ1v) is 6.30. The molecule has 1 fully saturated rings. The smallest absolute Gasteiger partial charge is 0.328 e. The Bertz CT molecular complexity index is 313. The third-order valence-electron chi connectivity index (χ3n) is 3.07. The molecular formula is C11H21N3O5. The van der Waals surface area contributed by atoms with Crippen LogP contribution in [0.1, 0.15) is 6.42 Å². The molecule has 0 aromatic carbocycles. The minimum atomic E-state index is -1.27. The van der Waals surface area contributed by atoms with E-state index in [4.69, 9.17) is 15.3 Å². The minimum absolute atomic E-state index is 0.0811. The fourth-order valence-electron chi connectivity index (χ4n) is 1.96. The number of nitrogens with zero attached hydrogens (tertiary/aromatic N) is 2. The van der Waals surface area contributed by atoms with E-state index < -0.39 is 24.6 Å². The van der Waals surface area contributed by atoms with Gasteiger partial charge in [-0.15, -0.1) is 0 Å². The van der Waals surface area contributed by atoms with E-state index in [0.29, 0.717) is 26.2 Å². The zero-order valence-electron chi connectivity index (χ0n) is 10.8. The monoisotopic (exact) mass is 275 g/mol. The summed E-state index contributed by atoms with van der Waals surface area (Å²) in [6.45, 7) is 2.47. The van der Waals surface area contributed by atoms with Gasteiger partial charge in [-0.3, -0.25) is 4.90 Å². The van der Waals surface area contributed by atoms with Crippen LogP contribution in [0, 0.1) is 0 Å². The molecule has 1 heterocycles. The molecule has 0 spiro atoms. The molecule has 0 saturated carbocycles. The molecule has 8 nitrogen and oxygen atoms in total. The topological polar surface area (TPSA) is 113 Å². The summed E-state index contributed by atoms with van der Waals surface area (Å²) in [4.78, 5) is 26.2. The summed E-state index contributed by atoms with van der Waals surface area (Å²) in [5.41, 5.74) is 0. The Hall–Kier alpha value is -1.38. The van der Waals surface area contributed by atoms with Crippen LogP contribution in [0.2, 0.25) is 0 Å². The van der Waals surface area contributed by atoms with E-state index in [2.05, 4.69) is 5.32 Å². The van der Waals surface area contributed by atoms with Gasteiger partial charge in [0.1, 0.15) is 0 Å². The van der Waals surface area contributed by atoms with Gasteiger partial charge in [-0.05, 0) is 13.0 Å². The average molecular weight is 275 g/mol. The van der Waals surface area contributed by atoms with Crippen LogP contribution in [0.5, 0.6) is 0 Å². The average Bonchev–Trinajstić information content (AvgIpc) is 2.61. The number of carbonyl (C=O) groups excluding carboxylic acids is 1. The number of nitrogens with one attached hydrogen (secondary N) is 1. The number of aliphatic hydroxyl groups is 2. The van der Waals surface area contributed by atoms with Gasteiger partial charge in [0, 0.05) is 26.2 Å². The van der Waals surface area contributed by atoms with Gasteiger partial charge < -0.3 is 25.5 Å². The van der Waals surface area contributed by atoms with E-state index in [1.54, 1.807) is 0 Å². The van der Waals surface area contributed by atoms with Crippen molar-refractivity contribution < 1.29 is 24.9 Å². The molecule has 1 rings (SSSR count). The molecule has 0 radical (unpaired) electrons.